The smallest absolute Gasteiger partial charge is 0.253 e. The molecule has 198 valence electrons. The summed E-state index contributed by atoms with van der Waals surface area (Å²) in [4.78, 5) is 42.2. The molecule has 0 spiro atoms. The zero-order valence-corrected chi connectivity index (χ0v) is 21.5. The Kier molecular flexibility index (Phi) is 6.68. The number of carbonyl (C=O) groups excluding carboxylic acids is 2. The number of hydrogen-bond donors (Lipinski definition) is 4. The van der Waals surface area contributed by atoms with Crippen molar-refractivity contribution < 1.29 is 9.59 Å². The second-order valence-electron chi connectivity index (χ2n) is 9.80. The standard InChI is InChI=1S/C29H30N8O2/c30-19-5-7-20(8-6-19)37-15-13-36(14-16-37)18-27(38)34-23-4-2-1-3-21(23)28-31-11-10-25(35-28)26-17-22-24(33-26)9-12-32-29(22)39/h1-8,10-11,17,33H,9,12-16,18,30H2,(H,32,39)(H,34,38). The maximum atomic E-state index is 13.0. The number of benzene rings is 2. The van der Waals surface area contributed by atoms with Crippen molar-refractivity contribution in [2.24, 2.45) is 0 Å². The summed E-state index contributed by atoms with van der Waals surface area (Å²) >= 11 is 0. The Hall–Kier alpha value is -4.70. The van der Waals surface area contributed by atoms with E-state index in [0.29, 0.717) is 35.9 Å². The monoisotopic (exact) mass is 522 g/mol. The van der Waals surface area contributed by atoms with E-state index in [4.69, 9.17) is 10.7 Å². The third-order valence-corrected chi connectivity index (χ3v) is 7.18. The first kappa shape index (κ1) is 24.6. The molecular weight excluding hydrogens is 492 g/mol. The molecule has 0 radical (unpaired) electrons. The Labute approximate surface area is 226 Å². The molecule has 5 N–H and O–H groups in total. The summed E-state index contributed by atoms with van der Waals surface area (Å²) in [6.45, 7) is 4.20. The molecule has 2 aromatic carbocycles. The summed E-state index contributed by atoms with van der Waals surface area (Å²) < 4.78 is 0. The average Bonchev–Trinajstić information content (AvgIpc) is 3.40. The molecule has 1 saturated heterocycles. The fraction of sp³-hybridized carbons (Fsp3) is 0.241. The number of anilines is 3. The lowest BCUT2D eigenvalue weighted by Crippen LogP contribution is -2.48. The van der Waals surface area contributed by atoms with E-state index in [1.165, 1.54) is 0 Å². The van der Waals surface area contributed by atoms with Gasteiger partial charge in [-0.15, -0.1) is 0 Å². The van der Waals surface area contributed by atoms with Crippen LogP contribution in [0.2, 0.25) is 0 Å². The molecule has 2 aliphatic rings. The Morgan fingerprint density at radius 3 is 2.59 bits per heavy atom. The van der Waals surface area contributed by atoms with Crippen LogP contribution >= 0.6 is 0 Å². The van der Waals surface area contributed by atoms with Gasteiger partial charge in [0.25, 0.3) is 5.91 Å². The number of aromatic nitrogens is 3. The molecule has 10 nitrogen and oxygen atoms in total. The summed E-state index contributed by atoms with van der Waals surface area (Å²) in [5.41, 5.74) is 12.1. The first-order chi connectivity index (χ1) is 19.0. The van der Waals surface area contributed by atoms with E-state index in [0.717, 1.165) is 60.9 Å². The zero-order valence-electron chi connectivity index (χ0n) is 21.5. The van der Waals surface area contributed by atoms with Crippen LogP contribution in [0, 0.1) is 0 Å². The molecule has 2 aliphatic heterocycles. The van der Waals surface area contributed by atoms with Crippen LogP contribution in [-0.4, -0.2) is 70.9 Å². The van der Waals surface area contributed by atoms with Crippen LogP contribution in [0.15, 0.2) is 66.9 Å². The van der Waals surface area contributed by atoms with Crippen molar-refractivity contribution in [1.82, 2.24) is 25.2 Å². The van der Waals surface area contributed by atoms with Crippen LogP contribution in [0.3, 0.4) is 0 Å². The highest BCUT2D eigenvalue weighted by Gasteiger charge is 2.22. The minimum Gasteiger partial charge on any atom is -0.399 e. The maximum Gasteiger partial charge on any atom is 0.253 e. The second-order valence-corrected chi connectivity index (χ2v) is 9.80. The molecule has 0 aliphatic carbocycles. The highest BCUT2D eigenvalue weighted by molar-refractivity contribution is 5.98. The minimum atomic E-state index is -0.0809. The van der Waals surface area contributed by atoms with Gasteiger partial charge in [-0.3, -0.25) is 14.5 Å². The van der Waals surface area contributed by atoms with E-state index < -0.39 is 0 Å². The number of rotatable bonds is 6. The third kappa shape index (κ3) is 5.32. The van der Waals surface area contributed by atoms with Crippen LogP contribution in [0.4, 0.5) is 17.1 Å². The number of hydrogen-bond acceptors (Lipinski definition) is 7. The number of amides is 2. The number of piperazine rings is 1. The van der Waals surface area contributed by atoms with Gasteiger partial charge >= 0.3 is 0 Å². The molecule has 0 bridgehead atoms. The Morgan fingerprint density at radius 1 is 1.00 bits per heavy atom. The normalized spacial score (nSPS) is 15.5. The fourth-order valence-electron chi connectivity index (χ4n) is 5.10. The Balaban J connectivity index is 1.13. The minimum absolute atomic E-state index is 0.0762. The molecule has 2 amide bonds. The molecule has 0 unspecified atom stereocenters. The van der Waals surface area contributed by atoms with Crippen molar-refractivity contribution in [1.29, 1.82) is 0 Å². The van der Waals surface area contributed by atoms with Crippen molar-refractivity contribution in [3.8, 4) is 22.8 Å². The number of para-hydroxylation sites is 1. The summed E-state index contributed by atoms with van der Waals surface area (Å²) in [7, 11) is 0. The van der Waals surface area contributed by atoms with Crippen LogP contribution in [0.1, 0.15) is 16.1 Å². The Morgan fingerprint density at radius 2 is 1.79 bits per heavy atom. The summed E-state index contributed by atoms with van der Waals surface area (Å²) in [6.07, 6.45) is 2.45. The van der Waals surface area contributed by atoms with Crippen molar-refractivity contribution in [2.75, 3.05) is 55.2 Å². The summed E-state index contributed by atoms with van der Waals surface area (Å²) in [6, 6.07) is 19.1. The number of nitrogen functional groups attached to an aromatic ring is 1. The van der Waals surface area contributed by atoms with Gasteiger partial charge < -0.3 is 26.3 Å². The number of nitrogens with two attached hydrogens (primary N) is 1. The molecule has 10 heteroatoms. The van der Waals surface area contributed by atoms with Crippen molar-refractivity contribution in [2.45, 2.75) is 6.42 Å². The molecule has 6 rings (SSSR count). The van der Waals surface area contributed by atoms with Gasteiger partial charge in [0.15, 0.2) is 5.82 Å². The zero-order chi connectivity index (χ0) is 26.8. The van der Waals surface area contributed by atoms with Crippen molar-refractivity contribution >= 4 is 28.9 Å². The molecule has 4 heterocycles. The predicted octanol–water partition coefficient (Wildman–Crippen LogP) is 2.77. The predicted molar refractivity (Wildman–Crippen MR) is 151 cm³/mol. The second kappa shape index (κ2) is 10.6. The fourth-order valence-corrected chi connectivity index (χ4v) is 5.10. The summed E-state index contributed by atoms with van der Waals surface area (Å²) in [5, 5.41) is 5.93. The first-order valence-corrected chi connectivity index (χ1v) is 13.1. The Bertz CT molecular complexity index is 1510. The number of aromatic amines is 1. The van der Waals surface area contributed by atoms with E-state index in [-0.39, 0.29) is 11.8 Å². The lowest BCUT2D eigenvalue weighted by atomic mass is 10.1. The molecule has 0 atom stereocenters. The van der Waals surface area contributed by atoms with Crippen molar-refractivity contribution in [3.63, 3.8) is 0 Å². The molecule has 1 fully saturated rings. The van der Waals surface area contributed by atoms with Crippen LogP contribution in [0.5, 0.6) is 0 Å². The molecular formula is C29H30N8O2. The number of carbonyl (C=O) groups is 2. The number of nitrogens with one attached hydrogen (secondary N) is 3. The van der Waals surface area contributed by atoms with E-state index in [1.54, 1.807) is 6.20 Å². The van der Waals surface area contributed by atoms with Gasteiger partial charge in [-0.1, -0.05) is 12.1 Å². The number of nitrogens with zero attached hydrogens (tertiary/aromatic N) is 4. The van der Waals surface area contributed by atoms with E-state index >= 15 is 0 Å². The van der Waals surface area contributed by atoms with Gasteiger partial charge in [-0.25, -0.2) is 9.97 Å². The highest BCUT2D eigenvalue weighted by Crippen LogP contribution is 2.28. The van der Waals surface area contributed by atoms with E-state index in [2.05, 4.69) is 30.4 Å². The van der Waals surface area contributed by atoms with Crippen LogP contribution < -0.4 is 21.3 Å². The average molecular weight is 523 g/mol. The number of H-pyrrole nitrogens is 1. The largest absolute Gasteiger partial charge is 0.399 e. The van der Waals surface area contributed by atoms with Gasteiger partial charge in [-0.05, 0) is 48.5 Å². The lowest BCUT2D eigenvalue weighted by molar-refractivity contribution is -0.117. The van der Waals surface area contributed by atoms with E-state index in [1.807, 2.05) is 60.7 Å². The molecule has 39 heavy (non-hydrogen) atoms. The molecule has 0 saturated carbocycles. The summed E-state index contributed by atoms with van der Waals surface area (Å²) in [5.74, 6) is 0.341. The quantitative estimate of drug-likeness (QED) is 0.286. The van der Waals surface area contributed by atoms with Crippen LogP contribution in [0.25, 0.3) is 22.8 Å². The lowest BCUT2D eigenvalue weighted by Gasteiger charge is -2.35. The first-order valence-electron chi connectivity index (χ1n) is 13.1. The van der Waals surface area contributed by atoms with E-state index in [9.17, 15) is 9.59 Å². The van der Waals surface area contributed by atoms with Crippen molar-refractivity contribution in [3.05, 3.63) is 78.1 Å². The van der Waals surface area contributed by atoms with Gasteiger partial charge in [-0.2, -0.15) is 0 Å². The highest BCUT2D eigenvalue weighted by atomic mass is 16.2. The topological polar surface area (TPSA) is 132 Å². The van der Waals surface area contributed by atoms with Gasteiger partial charge in [0.1, 0.15) is 0 Å². The van der Waals surface area contributed by atoms with Gasteiger partial charge in [0, 0.05) is 68.0 Å². The molecule has 4 aromatic rings. The van der Waals surface area contributed by atoms with Gasteiger partial charge in [0.2, 0.25) is 5.91 Å². The SMILES string of the molecule is Nc1ccc(N2CCN(CC(=O)Nc3ccccc3-c3nccc(-c4cc5c([nH]4)CCNC5=O)n3)CC2)cc1. The molecule has 2 aromatic heterocycles. The van der Waals surface area contributed by atoms with Gasteiger partial charge in [0.05, 0.1) is 29.2 Å². The maximum absolute atomic E-state index is 13.0. The number of fused-ring (bicyclic) bond motifs is 1. The third-order valence-electron chi connectivity index (χ3n) is 7.18. The van der Waals surface area contributed by atoms with Crippen LogP contribution in [-0.2, 0) is 11.2 Å².